The lowest BCUT2D eigenvalue weighted by atomic mass is 9.87. The van der Waals surface area contributed by atoms with E-state index in [1.54, 1.807) is 0 Å². The average molecular weight is 297 g/mol. The highest BCUT2D eigenvalue weighted by molar-refractivity contribution is 5.85. The summed E-state index contributed by atoms with van der Waals surface area (Å²) >= 11 is 0. The van der Waals surface area contributed by atoms with Crippen molar-refractivity contribution in [1.82, 2.24) is 5.32 Å². The topological polar surface area (TPSA) is 55.1 Å². The fourth-order valence-corrected chi connectivity index (χ4v) is 2.67. The summed E-state index contributed by atoms with van der Waals surface area (Å²) in [5, 5.41) is 3.17. The zero-order chi connectivity index (χ0) is 13.8. The van der Waals surface area contributed by atoms with Gasteiger partial charge in [0.1, 0.15) is 0 Å². The van der Waals surface area contributed by atoms with Gasteiger partial charge in [-0.25, -0.2) is 0 Å². The van der Waals surface area contributed by atoms with E-state index in [1.165, 1.54) is 11.1 Å². The molecule has 0 saturated carbocycles. The number of nitrogens with one attached hydrogen (secondary N) is 1. The molecule has 112 valence electrons. The Morgan fingerprint density at radius 1 is 1.45 bits per heavy atom. The lowest BCUT2D eigenvalue weighted by molar-refractivity contribution is -0.122. The van der Waals surface area contributed by atoms with E-state index in [9.17, 15) is 4.79 Å². The summed E-state index contributed by atoms with van der Waals surface area (Å²) in [5.41, 5.74) is 9.17. The zero-order valence-corrected chi connectivity index (χ0v) is 13.1. The van der Waals surface area contributed by atoms with E-state index in [4.69, 9.17) is 5.73 Å². The molecule has 1 aromatic carbocycles. The highest BCUT2D eigenvalue weighted by atomic mass is 35.5. The predicted molar refractivity (Wildman–Crippen MR) is 86.0 cm³/mol. The van der Waals surface area contributed by atoms with E-state index in [0.717, 1.165) is 31.4 Å². The summed E-state index contributed by atoms with van der Waals surface area (Å²) in [6.45, 7) is 4.29. The minimum absolute atomic E-state index is 0. The van der Waals surface area contributed by atoms with Crippen LogP contribution in [0.4, 0.5) is 5.69 Å². The smallest absolute Gasteiger partial charge is 0.220 e. The second-order valence-electron chi connectivity index (χ2n) is 5.90. The Kier molecular flexibility index (Phi) is 6.34. The summed E-state index contributed by atoms with van der Waals surface area (Å²) in [5.74, 6) is 0.743. The molecule has 0 spiro atoms. The van der Waals surface area contributed by atoms with E-state index in [-0.39, 0.29) is 24.4 Å². The van der Waals surface area contributed by atoms with Gasteiger partial charge in [-0.05, 0) is 54.9 Å². The first-order valence-electron chi connectivity index (χ1n) is 7.24. The monoisotopic (exact) mass is 296 g/mol. The number of hydrogen-bond acceptors (Lipinski definition) is 2. The second kappa shape index (κ2) is 7.53. The van der Waals surface area contributed by atoms with Gasteiger partial charge in [0.2, 0.25) is 5.91 Å². The van der Waals surface area contributed by atoms with Crippen LogP contribution >= 0.6 is 12.4 Å². The molecule has 1 aliphatic rings. The van der Waals surface area contributed by atoms with Gasteiger partial charge < -0.3 is 11.1 Å². The van der Waals surface area contributed by atoms with Crippen LogP contribution in [0.1, 0.15) is 56.7 Å². The predicted octanol–water partition coefficient (Wildman–Crippen LogP) is 3.62. The fourth-order valence-electron chi connectivity index (χ4n) is 2.67. The normalized spacial score (nSPS) is 17.2. The molecule has 2 rings (SSSR count). The van der Waals surface area contributed by atoms with E-state index in [0.29, 0.717) is 12.3 Å². The van der Waals surface area contributed by atoms with E-state index < -0.39 is 0 Å². The Hall–Kier alpha value is -1.22. The van der Waals surface area contributed by atoms with Crippen molar-refractivity contribution in [2.45, 2.75) is 52.0 Å². The molecule has 1 aliphatic carbocycles. The lowest BCUT2D eigenvalue weighted by Crippen LogP contribution is -2.31. The van der Waals surface area contributed by atoms with Gasteiger partial charge in [0.25, 0.3) is 0 Å². The molecule has 3 N–H and O–H groups in total. The molecule has 0 aliphatic heterocycles. The quantitative estimate of drug-likeness (QED) is 0.834. The third kappa shape index (κ3) is 4.41. The molecule has 0 aromatic heterocycles. The van der Waals surface area contributed by atoms with Crippen LogP contribution in [0.3, 0.4) is 0 Å². The number of carbonyl (C=O) groups is 1. The Balaban J connectivity index is 0.00000200. The third-order valence-electron chi connectivity index (χ3n) is 3.77. The number of hydrogen-bond donors (Lipinski definition) is 2. The van der Waals surface area contributed by atoms with Crippen molar-refractivity contribution < 1.29 is 4.79 Å². The van der Waals surface area contributed by atoms with Gasteiger partial charge in [-0.3, -0.25) is 4.79 Å². The Morgan fingerprint density at radius 2 is 2.20 bits per heavy atom. The van der Waals surface area contributed by atoms with Crippen molar-refractivity contribution in [3.05, 3.63) is 29.3 Å². The SMILES string of the molecule is CC(C)CCC(=O)NC1CCCc2cc(N)ccc21.Cl. The molecule has 4 heteroatoms. The van der Waals surface area contributed by atoms with Crippen LogP contribution in [0.5, 0.6) is 0 Å². The van der Waals surface area contributed by atoms with Gasteiger partial charge in [-0.2, -0.15) is 0 Å². The molecule has 0 saturated heterocycles. The lowest BCUT2D eigenvalue weighted by Gasteiger charge is -2.26. The van der Waals surface area contributed by atoms with Crippen LogP contribution in [0.15, 0.2) is 18.2 Å². The number of aryl methyl sites for hydroxylation is 1. The molecule has 0 fully saturated rings. The van der Waals surface area contributed by atoms with Crippen LogP contribution < -0.4 is 11.1 Å². The Labute approximate surface area is 127 Å². The summed E-state index contributed by atoms with van der Waals surface area (Å²) in [4.78, 5) is 12.0. The fraction of sp³-hybridized carbons (Fsp3) is 0.562. The van der Waals surface area contributed by atoms with Gasteiger partial charge in [-0.1, -0.05) is 19.9 Å². The number of halogens is 1. The van der Waals surface area contributed by atoms with Gasteiger partial charge in [0, 0.05) is 12.1 Å². The minimum atomic E-state index is 0. The summed E-state index contributed by atoms with van der Waals surface area (Å²) in [7, 11) is 0. The maximum Gasteiger partial charge on any atom is 0.220 e. The summed E-state index contributed by atoms with van der Waals surface area (Å²) in [6.07, 6.45) is 4.79. The Morgan fingerprint density at radius 3 is 2.90 bits per heavy atom. The maximum absolute atomic E-state index is 12.0. The number of anilines is 1. The first-order valence-corrected chi connectivity index (χ1v) is 7.24. The van der Waals surface area contributed by atoms with E-state index in [2.05, 4.69) is 25.2 Å². The number of amides is 1. The van der Waals surface area contributed by atoms with Crippen LogP contribution in [-0.4, -0.2) is 5.91 Å². The summed E-state index contributed by atoms with van der Waals surface area (Å²) in [6, 6.07) is 6.21. The molecule has 3 nitrogen and oxygen atoms in total. The largest absolute Gasteiger partial charge is 0.399 e. The number of nitrogens with two attached hydrogens (primary N) is 1. The number of benzene rings is 1. The first kappa shape index (κ1) is 16.8. The summed E-state index contributed by atoms with van der Waals surface area (Å²) < 4.78 is 0. The van der Waals surface area contributed by atoms with Gasteiger partial charge in [0.05, 0.1) is 6.04 Å². The van der Waals surface area contributed by atoms with Crippen molar-refractivity contribution in [3.8, 4) is 0 Å². The van der Waals surface area contributed by atoms with Crippen LogP contribution in [0, 0.1) is 5.92 Å². The zero-order valence-electron chi connectivity index (χ0n) is 12.3. The highest BCUT2D eigenvalue weighted by Crippen LogP contribution is 2.31. The number of rotatable bonds is 4. The first-order chi connectivity index (χ1) is 9.06. The molecule has 1 atom stereocenters. The standard InChI is InChI=1S/C16H24N2O.ClH/c1-11(2)6-9-16(19)18-15-5-3-4-12-10-13(17)7-8-14(12)15;/h7-8,10-11,15H,3-6,9,17H2,1-2H3,(H,18,19);1H. The van der Waals surface area contributed by atoms with Crippen molar-refractivity contribution in [1.29, 1.82) is 0 Å². The third-order valence-corrected chi connectivity index (χ3v) is 3.77. The van der Waals surface area contributed by atoms with E-state index in [1.807, 2.05) is 12.1 Å². The molecular weight excluding hydrogens is 272 g/mol. The minimum Gasteiger partial charge on any atom is -0.399 e. The molecular formula is C16H25ClN2O. The van der Waals surface area contributed by atoms with Gasteiger partial charge >= 0.3 is 0 Å². The number of fused-ring (bicyclic) bond motifs is 1. The molecule has 1 unspecified atom stereocenters. The average Bonchev–Trinajstić information content (AvgIpc) is 2.36. The van der Waals surface area contributed by atoms with Gasteiger partial charge in [0.15, 0.2) is 0 Å². The molecule has 1 aromatic rings. The van der Waals surface area contributed by atoms with Crippen LogP contribution in [-0.2, 0) is 11.2 Å². The molecule has 20 heavy (non-hydrogen) atoms. The van der Waals surface area contributed by atoms with Crippen molar-refractivity contribution in [2.75, 3.05) is 5.73 Å². The van der Waals surface area contributed by atoms with Crippen molar-refractivity contribution in [2.24, 2.45) is 5.92 Å². The van der Waals surface area contributed by atoms with Crippen LogP contribution in [0.2, 0.25) is 0 Å². The molecule has 0 heterocycles. The number of carbonyl (C=O) groups excluding carboxylic acids is 1. The van der Waals surface area contributed by atoms with Gasteiger partial charge in [-0.15, -0.1) is 12.4 Å². The molecule has 0 bridgehead atoms. The highest BCUT2D eigenvalue weighted by Gasteiger charge is 2.21. The Bertz CT molecular complexity index is 460. The van der Waals surface area contributed by atoms with E-state index >= 15 is 0 Å². The van der Waals surface area contributed by atoms with Crippen molar-refractivity contribution >= 4 is 24.0 Å². The molecule has 1 amide bonds. The van der Waals surface area contributed by atoms with Crippen LogP contribution in [0.25, 0.3) is 0 Å². The van der Waals surface area contributed by atoms with Crippen molar-refractivity contribution in [3.63, 3.8) is 0 Å². The maximum atomic E-state index is 12.0. The number of nitrogen functional groups attached to an aromatic ring is 1. The molecule has 0 radical (unpaired) electrons. The second-order valence-corrected chi connectivity index (χ2v) is 5.90.